The van der Waals surface area contributed by atoms with E-state index < -0.39 is 24.0 Å². The number of halogens is 1. The molecule has 3 atom stereocenters. The highest BCUT2D eigenvalue weighted by molar-refractivity contribution is 5.81. The monoisotopic (exact) mass is 473 g/mol. The van der Waals surface area contributed by atoms with E-state index in [2.05, 4.69) is 27.8 Å². The number of fused-ring (bicyclic) bond motifs is 1. The Morgan fingerprint density at radius 2 is 2.15 bits per heavy atom. The van der Waals surface area contributed by atoms with Crippen LogP contribution in [0.2, 0.25) is 0 Å². The number of carbonyl (C=O) groups is 1. The molecule has 1 aliphatic heterocycles. The fourth-order valence-corrected chi connectivity index (χ4v) is 5.01. The highest BCUT2D eigenvalue weighted by atomic mass is 19.1. The number of hydrogen-bond acceptors (Lipinski definition) is 8. The van der Waals surface area contributed by atoms with Gasteiger partial charge in [-0.15, -0.1) is 6.42 Å². The zero-order chi connectivity index (χ0) is 24.3. The van der Waals surface area contributed by atoms with Gasteiger partial charge in [0.2, 0.25) is 0 Å². The number of anilines is 1. The molecule has 184 valence electrons. The van der Waals surface area contributed by atoms with Crippen LogP contribution in [-0.4, -0.2) is 48.9 Å². The second-order valence-corrected chi connectivity index (χ2v) is 9.38. The number of nitrogen functional groups attached to an aromatic ring is 1. The molecule has 4 rings (SSSR count). The average Bonchev–Trinajstić information content (AvgIpc) is 3.39. The number of esters is 1. The molecular formula is C24H32FN5O4. The van der Waals surface area contributed by atoms with Crippen LogP contribution in [0.1, 0.15) is 70.9 Å². The minimum atomic E-state index is -1.52. The van der Waals surface area contributed by atoms with E-state index in [0.29, 0.717) is 5.92 Å². The van der Waals surface area contributed by atoms with Gasteiger partial charge < -0.3 is 20.3 Å². The second kappa shape index (κ2) is 10.2. The normalized spacial score (nSPS) is 29.2. The number of ether oxygens (including phenoxy) is 2. The average molecular weight is 474 g/mol. The van der Waals surface area contributed by atoms with Crippen molar-refractivity contribution < 1.29 is 23.8 Å². The molecule has 1 aliphatic carbocycles. The number of nitrogens with two attached hydrogens (primary N) is 1. The number of nitrogens with zero attached hydrogens (tertiary/aromatic N) is 4. The summed E-state index contributed by atoms with van der Waals surface area (Å²) >= 11 is 0. The maximum absolute atomic E-state index is 13.7. The van der Waals surface area contributed by atoms with Crippen LogP contribution in [0.15, 0.2) is 6.33 Å². The predicted octanol–water partition coefficient (Wildman–Crippen LogP) is 3.13. The first kappa shape index (κ1) is 24.4. The van der Waals surface area contributed by atoms with Crippen LogP contribution in [-0.2, 0) is 14.3 Å². The summed E-state index contributed by atoms with van der Waals surface area (Å²) in [6, 6.07) is 0. The lowest BCUT2D eigenvalue weighted by Crippen LogP contribution is -2.44. The molecule has 0 radical (unpaired) electrons. The molecule has 0 bridgehead atoms. The number of rotatable bonds is 8. The highest BCUT2D eigenvalue weighted by Crippen LogP contribution is 2.39. The van der Waals surface area contributed by atoms with Crippen molar-refractivity contribution in [1.82, 2.24) is 19.5 Å². The van der Waals surface area contributed by atoms with E-state index >= 15 is 0 Å². The minimum Gasteiger partial charge on any atom is -0.461 e. The van der Waals surface area contributed by atoms with Crippen molar-refractivity contribution in [2.24, 2.45) is 11.8 Å². The largest absolute Gasteiger partial charge is 0.461 e. The van der Waals surface area contributed by atoms with E-state index in [1.54, 1.807) is 0 Å². The molecular weight excluding hydrogens is 441 g/mol. The number of aliphatic hydroxyl groups excluding tert-OH is 1. The smallest absolute Gasteiger partial charge is 0.312 e. The third kappa shape index (κ3) is 4.86. The number of imidazole rings is 1. The minimum absolute atomic E-state index is 0.0849. The van der Waals surface area contributed by atoms with Crippen LogP contribution in [0.4, 0.5) is 10.2 Å². The van der Waals surface area contributed by atoms with Crippen molar-refractivity contribution in [2.45, 2.75) is 82.6 Å². The SMILES string of the molecule is C#C[C@]1(COC(=O)[C@H]2CC[C@H](CCCCC)CC2)O[C@@H](n2cnc3c(N)nc(F)nc32)C[C@@H]1O. The summed E-state index contributed by atoms with van der Waals surface area (Å²) < 4.78 is 26.7. The summed E-state index contributed by atoms with van der Waals surface area (Å²) in [4.78, 5) is 24.1. The third-order valence-corrected chi connectivity index (χ3v) is 7.11. The number of aliphatic hydroxyl groups is 1. The molecule has 1 saturated carbocycles. The van der Waals surface area contributed by atoms with Crippen LogP contribution in [0.3, 0.4) is 0 Å². The van der Waals surface area contributed by atoms with Crippen LogP contribution in [0.25, 0.3) is 11.2 Å². The molecule has 3 heterocycles. The fourth-order valence-electron chi connectivity index (χ4n) is 5.01. The summed E-state index contributed by atoms with van der Waals surface area (Å²) in [5.41, 5.74) is 4.54. The zero-order valence-corrected chi connectivity index (χ0v) is 19.5. The van der Waals surface area contributed by atoms with E-state index in [1.807, 2.05) is 0 Å². The first-order valence-corrected chi connectivity index (χ1v) is 12.0. The quantitative estimate of drug-likeness (QED) is 0.259. The maximum atomic E-state index is 13.7. The zero-order valence-electron chi connectivity index (χ0n) is 19.5. The molecule has 2 aromatic heterocycles. The van der Waals surface area contributed by atoms with Gasteiger partial charge in [-0.2, -0.15) is 14.4 Å². The van der Waals surface area contributed by atoms with Crippen molar-refractivity contribution in [3.8, 4) is 12.3 Å². The Balaban J connectivity index is 1.37. The van der Waals surface area contributed by atoms with Gasteiger partial charge in [0, 0.05) is 6.42 Å². The Hall–Kier alpha value is -2.77. The molecule has 3 N–H and O–H groups in total. The second-order valence-electron chi connectivity index (χ2n) is 9.38. The topological polar surface area (TPSA) is 125 Å². The number of aromatic nitrogens is 4. The van der Waals surface area contributed by atoms with Crippen molar-refractivity contribution in [2.75, 3.05) is 12.3 Å². The molecule has 34 heavy (non-hydrogen) atoms. The number of unbranched alkanes of at least 4 members (excludes halogenated alkanes) is 2. The summed E-state index contributed by atoms with van der Waals surface area (Å²) in [6.45, 7) is 1.93. The number of hydrogen-bond donors (Lipinski definition) is 2. The van der Waals surface area contributed by atoms with Crippen molar-refractivity contribution in [3.05, 3.63) is 12.4 Å². The Bertz CT molecular complexity index is 1060. The number of terminal acetylenes is 1. The molecule has 2 aliphatic rings. The van der Waals surface area contributed by atoms with E-state index in [0.717, 1.165) is 25.7 Å². The van der Waals surface area contributed by atoms with Gasteiger partial charge in [0.1, 0.15) is 18.9 Å². The van der Waals surface area contributed by atoms with E-state index in [1.165, 1.54) is 36.6 Å². The maximum Gasteiger partial charge on any atom is 0.312 e. The Labute approximate surface area is 198 Å². The Morgan fingerprint density at radius 3 is 2.85 bits per heavy atom. The van der Waals surface area contributed by atoms with Crippen molar-refractivity contribution in [1.29, 1.82) is 0 Å². The molecule has 0 amide bonds. The van der Waals surface area contributed by atoms with Gasteiger partial charge in [-0.1, -0.05) is 38.5 Å². The van der Waals surface area contributed by atoms with Crippen molar-refractivity contribution in [3.63, 3.8) is 0 Å². The standard InChI is InChI=1S/C24H32FN5O4/c1-3-5-6-7-15-8-10-16(11-9-15)22(32)33-13-24(4-2)17(31)12-18(34-24)30-14-27-19-20(26)28-23(25)29-21(19)30/h2,14-18,31H,3,5-13H2,1H3,(H2,26,28,29)/t15-,16-,17-,18+,24+/m0/s1. The fraction of sp³-hybridized carbons (Fsp3) is 0.667. The first-order chi connectivity index (χ1) is 16.4. The van der Waals surface area contributed by atoms with Gasteiger partial charge >= 0.3 is 12.0 Å². The Morgan fingerprint density at radius 1 is 1.38 bits per heavy atom. The molecule has 0 spiro atoms. The van der Waals surface area contributed by atoms with Crippen LogP contribution in [0.5, 0.6) is 0 Å². The number of carbonyl (C=O) groups excluding carboxylic acids is 1. The molecule has 1 saturated heterocycles. The summed E-state index contributed by atoms with van der Waals surface area (Å²) in [6.07, 6.45) is 12.9. The lowest BCUT2D eigenvalue weighted by molar-refractivity contribution is -0.162. The lowest BCUT2D eigenvalue weighted by Gasteiger charge is -2.30. The summed E-state index contributed by atoms with van der Waals surface area (Å²) in [7, 11) is 0. The van der Waals surface area contributed by atoms with Gasteiger partial charge in [-0.3, -0.25) is 9.36 Å². The summed E-state index contributed by atoms with van der Waals surface area (Å²) in [5.74, 6) is 2.58. The van der Waals surface area contributed by atoms with Gasteiger partial charge in [-0.05, 0) is 31.6 Å². The highest BCUT2D eigenvalue weighted by Gasteiger charge is 2.49. The lowest BCUT2D eigenvalue weighted by atomic mass is 9.80. The van der Waals surface area contributed by atoms with E-state index in [-0.39, 0.29) is 41.9 Å². The molecule has 0 aromatic carbocycles. The van der Waals surface area contributed by atoms with E-state index in [9.17, 15) is 14.3 Å². The van der Waals surface area contributed by atoms with Crippen LogP contribution in [0, 0.1) is 30.3 Å². The molecule has 0 unspecified atom stereocenters. The summed E-state index contributed by atoms with van der Waals surface area (Å²) in [5, 5.41) is 10.7. The molecule has 2 fully saturated rings. The van der Waals surface area contributed by atoms with Crippen LogP contribution >= 0.6 is 0 Å². The van der Waals surface area contributed by atoms with Gasteiger partial charge in [-0.25, -0.2) is 4.98 Å². The van der Waals surface area contributed by atoms with Crippen molar-refractivity contribution >= 4 is 23.0 Å². The predicted molar refractivity (Wildman–Crippen MR) is 123 cm³/mol. The van der Waals surface area contributed by atoms with Crippen LogP contribution < -0.4 is 5.73 Å². The van der Waals surface area contributed by atoms with Gasteiger partial charge in [0.25, 0.3) is 0 Å². The molecule has 9 nitrogen and oxygen atoms in total. The first-order valence-electron chi connectivity index (χ1n) is 12.0. The van der Waals surface area contributed by atoms with Gasteiger partial charge in [0.15, 0.2) is 22.6 Å². The van der Waals surface area contributed by atoms with E-state index in [4.69, 9.17) is 21.6 Å². The Kier molecular flexibility index (Phi) is 7.33. The molecule has 2 aromatic rings. The van der Waals surface area contributed by atoms with Gasteiger partial charge in [0.05, 0.1) is 12.2 Å². The molecule has 10 heteroatoms. The third-order valence-electron chi connectivity index (χ3n) is 7.11.